The van der Waals surface area contributed by atoms with Crippen LogP contribution < -0.4 is 0 Å². The van der Waals surface area contributed by atoms with Gasteiger partial charge < -0.3 is 0 Å². The summed E-state index contributed by atoms with van der Waals surface area (Å²) in [7, 11) is 0. The summed E-state index contributed by atoms with van der Waals surface area (Å²) < 4.78 is 0. The Balaban J connectivity index is 1.91. The maximum Gasteiger partial charge on any atom is 0.0972 e. The average molecular weight is 382 g/mol. The Morgan fingerprint density at radius 2 is 1.48 bits per heavy atom. The molecule has 0 saturated carbocycles. The van der Waals surface area contributed by atoms with E-state index in [1.807, 2.05) is 12.3 Å². The molecular weight excluding hydrogens is 354 g/mol. The largest absolute Gasteiger partial charge is 0.254 e. The molecule has 2 heterocycles. The minimum atomic E-state index is 0.901. The van der Waals surface area contributed by atoms with Crippen molar-refractivity contribution in [3.05, 3.63) is 77.6 Å². The van der Waals surface area contributed by atoms with E-state index >= 15 is 0 Å². The number of para-hydroxylation sites is 1. The zero-order valence-electron chi connectivity index (χ0n) is 17.4. The highest BCUT2D eigenvalue weighted by Crippen LogP contribution is 2.28. The van der Waals surface area contributed by atoms with E-state index in [4.69, 9.17) is 9.98 Å². The molecule has 0 atom stereocenters. The van der Waals surface area contributed by atoms with E-state index in [2.05, 4.69) is 74.3 Å². The van der Waals surface area contributed by atoms with E-state index < -0.39 is 0 Å². The van der Waals surface area contributed by atoms with Crippen LogP contribution in [0.15, 0.2) is 65.8 Å². The molecule has 0 bridgehead atoms. The summed E-state index contributed by atoms with van der Waals surface area (Å²) in [5, 5.41) is 2.22. The van der Waals surface area contributed by atoms with Gasteiger partial charge in [0.25, 0.3) is 0 Å². The number of pyridine rings is 2. The number of aryl methyl sites for hydroxylation is 2. The molecule has 2 aromatic carbocycles. The molecule has 29 heavy (non-hydrogen) atoms. The predicted molar refractivity (Wildman–Crippen MR) is 123 cm³/mol. The Bertz CT molecular complexity index is 1170. The highest BCUT2D eigenvalue weighted by Gasteiger charge is 2.12. The second kappa shape index (κ2) is 8.52. The third-order valence-electron chi connectivity index (χ3n) is 5.43. The lowest BCUT2D eigenvalue weighted by atomic mass is 10.0. The Morgan fingerprint density at radius 1 is 0.793 bits per heavy atom. The van der Waals surface area contributed by atoms with E-state index in [1.54, 1.807) is 0 Å². The van der Waals surface area contributed by atoms with E-state index in [0.29, 0.717) is 0 Å². The maximum atomic E-state index is 5.18. The summed E-state index contributed by atoms with van der Waals surface area (Å²) in [5.41, 5.74) is 7.62. The van der Waals surface area contributed by atoms with E-state index in [9.17, 15) is 0 Å². The van der Waals surface area contributed by atoms with E-state index in [-0.39, 0.29) is 0 Å². The molecule has 3 nitrogen and oxygen atoms in total. The minimum Gasteiger partial charge on any atom is -0.254 e. The summed E-state index contributed by atoms with van der Waals surface area (Å²) in [6.07, 6.45) is 5.72. The van der Waals surface area contributed by atoms with Crippen molar-refractivity contribution in [3.63, 3.8) is 0 Å². The molecule has 0 aliphatic carbocycles. The molecule has 146 valence electrons. The number of fused-ring (bicyclic) bond motifs is 3. The third kappa shape index (κ3) is 3.77. The van der Waals surface area contributed by atoms with E-state index in [1.165, 1.54) is 11.1 Å². The number of hydrogen-bond acceptors (Lipinski definition) is 3. The first-order valence-corrected chi connectivity index (χ1v) is 10.6. The van der Waals surface area contributed by atoms with Crippen LogP contribution in [0.2, 0.25) is 0 Å². The standard InChI is InChI=1S/C26H27N3/c1-4-9-22(28-24-18(5-2)10-7-11-19(24)6-3)23-16-15-21-14-13-20-12-8-17-27-25(20)26(21)29-23/h7-8,10-17H,4-6,9H2,1-3H3/b28-22+. The lowest BCUT2D eigenvalue weighted by Gasteiger charge is -2.12. The molecule has 2 aromatic heterocycles. The van der Waals surface area contributed by atoms with Crippen molar-refractivity contribution in [3.8, 4) is 0 Å². The monoisotopic (exact) mass is 381 g/mol. The van der Waals surface area contributed by atoms with Crippen LogP contribution in [0.1, 0.15) is 50.4 Å². The predicted octanol–water partition coefficient (Wildman–Crippen LogP) is 6.83. The zero-order valence-corrected chi connectivity index (χ0v) is 17.4. The second-order valence-electron chi connectivity index (χ2n) is 7.35. The Hall–Kier alpha value is -3.07. The molecule has 0 amide bonds. The molecule has 0 N–H and O–H groups in total. The first kappa shape index (κ1) is 19.3. The van der Waals surface area contributed by atoms with E-state index in [0.717, 1.165) is 64.6 Å². The van der Waals surface area contributed by atoms with Crippen LogP contribution in [0, 0.1) is 0 Å². The number of benzene rings is 2. The third-order valence-corrected chi connectivity index (χ3v) is 5.43. The van der Waals surface area contributed by atoms with Gasteiger partial charge in [0.15, 0.2) is 0 Å². The quantitative estimate of drug-likeness (QED) is 0.271. The number of hydrogen-bond donors (Lipinski definition) is 0. The van der Waals surface area contributed by atoms with Gasteiger partial charge in [0.05, 0.1) is 28.1 Å². The Morgan fingerprint density at radius 3 is 2.17 bits per heavy atom. The fourth-order valence-corrected chi connectivity index (χ4v) is 3.86. The van der Waals surface area contributed by atoms with Gasteiger partial charge in [-0.25, -0.2) is 4.98 Å². The van der Waals surface area contributed by atoms with Crippen LogP contribution in [-0.4, -0.2) is 15.7 Å². The number of aliphatic imine (C=N–C) groups is 1. The fraction of sp³-hybridized carbons (Fsp3) is 0.269. The number of aromatic nitrogens is 2. The van der Waals surface area contributed by atoms with Gasteiger partial charge in [0.1, 0.15) is 0 Å². The summed E-state index contributed by atoms with van der Waals surface area (Å²) >= 11 is 0. The maximum absolute atomic E-state index is 5.18. The fourth-order valence-electron chi connectivity index (χ4n) is 3.86. The number of rotatable bonds is 6. The first-order valence-electron chi connectivity index (χ1n) is 10.6. The molecule has 0 saturated heterocycles. The van der Waals surface area contributed by atoms with Gasteiger partial charge in [-0.15, -0.1) is 0 Å². The summed E-state index contributed by atoms with van der Waals surface area (Å²) in [6, 6.07) is 19.0. The molecule has 3 heteroatoms. The van der Waals surface area contributed by atoms with Crippen LogP contribution in [0.25, 0.3) is 21.8 Å². The smallest absolute Gasteiger partial charge is 0.0972 e. The Kier molecular flexibility index (Phi) is 5.66. The van der Waals surface area contributed by atoms with Gasteiger partial charge >= 0.3 is 0 Å². The lowest BCUT2D eigenvalue weighted by molar-refractivity contribution is 0.984. The Labute approximate surface area is 172 Å². The van der Waals surface area contributed by atoms with Gasteiger partial charge in [0, 0.05) is 17.0 Å². The summed E-state index contributed by atoms with van der Waals surface area (Å²) in [5.74, 6) is 0. The molecule has 0 unspecified atom stereocenters. The van der Waals surface area contributed by atoms with Crippen LogP contribution in [0.3, 0.4) is 0 Å². The zero-order chi connectivity index (χ0) is 20.2. The minimum absolute atomic E-state index is 0.901. The van der Waals surface area contributed by atoms with Gasteiger partial charge in [-0.3, -0.25) is 9.98 Å². The van der Waals surface area contributed by atoms with Crippen LogP contribution in [0.4, 0.5) is 5.69 Å². The van der Waals surface area contributed by atoms with Crippen molar-refractivity contribution in [1.82, 2.24) is 9.97 Å². The van der Waals surface area contributed by atoms with Crippen molar-refractivity contribution in [2.75, 3.05) is 0 Å². The normalized spacial score (nSPS) is 12.0. The van der Waals surface area contributed by atoms with Gasteiger partial charge in [0.2, 0.25) is 0 Å². The van der Waals surface area contributed by atoms with Gasteiger partial charge in [-0.2, -0.15) is 0 Å². The molecule has 0 radical (unpaired) electrons. The highest BCUT2D eigenvalue weighted by atomic mass is 14.8. The van der Waals surface area contributed by atoms with Crippen LogP contribution in [0.5, 0.6) is 0 Å². The van der Waals surface area contributed by atoms with Crippen LogP contribution >= 0.6 is 0 Å². The first-order chi connectivity index (χ1) is 14.2. The highest BCUT2D eigenvalue weighted by molar-refractivity contribution is 6.06. The van der Waals surface area contributed by atoms with Crippen LogP contribution in [-0.2, 0) is 12.8 Å². The van der Waals surface area contributed by atoms with Crippen molar-refractivity contribution in [2.24, 2.45) is 4.99 Å². The molecule has 4 aromatic rings. The molecule has 4 rings (SSSR count). The molecule has 0 spiro atoms. The summed E-state index contributed by atoms with van der Waals surface area (Å²) in [6.45, 7) is 6.58. The molecule has 0 aliphatic heterocycles. The average Bonchev–Trinajstić information content (AvgIpc) is 2.78. The molecule has 0 aliphatic rings. The molecule has 0 fully saturated rings. The number of nitrogens with zero attached hydrogens (tertiary/aromatic N) is 3. The van der Waals surface area contributed by atoms with Crippen molar-refractivity contribution >= 4 is 33.2 Å². The topological polar surface area (TPSA) is 38.1 Å². The van der Waals surface area contributed by atoms with Crippen molar-refractivity contribution in [2.45, 2.75) is 46.5 Å². The molecular formula is C26H27N3. The SMILES string of the molecule is CCC/C(=N\c1c(CC)cccc1CC)c1ccc2ccc3cccnc3c2n1. The van der Waals surface area contributed by atoms with Crippen molar-refractivity contribution in [1.29, 1.82) is 0 Å². The van der Waals surface area contributed by atoms with Gasteiger partial charge in [-0.1, -0.05) is 69.7 Å². The second-order valence-corrected chi connectivity index (χ2v) is 7.35. The van der Waals surface area contributed by atoms with Crippen molar-refractivity contribution < 1.29 is 0 Å². The summed E-state index contributed by atoms with van der Waals surface area (Å²) in [4.78, 5) is 14.8. The lowest BCUT2D eigenvalue weighted by Crippen LogP contribution is -2.05. The van der Waals surface area contributed by atoms with Gasteiger partial charge in [-0.05, 0) is 42.5 Å².